The fourth-order valence-electron chi connectivity index (χ4n) is 1.75. The highest BCUT2D eigenvalue weighted by molar-refractivity contribution is 7.92. The molecule has 2 rings (SSSR count). The highest BCUT2D eigenvalue weighted by atomic mass is 35.5. The van der Waals surface area contributed by atoms with E-state index in [4.69, 9.17) is 16.7 Å². The SMILES string of the molecule is O=C(O)Cc1ccccc1NS(=O)(=O)c1ccc(Cl)cc1. The van der Waals surface area contributed by atoms with Crippen LogP contribution in [0.4, 0.5) is 5.69 Å². The third-order valence-electron chi connectivity index (χ3n) is 2.73. The van der Waals surface area contributed by atoms with Gasteiger partial charge in [0.1, 0.15) is 0 Å². The van der Waals surface area contributed by atoms with Crippen LogP contribution in [0.25, 0.3) is 0 Å². The normalized spacial score (nSPS) is 11.1. The van der Waals surface area contributed by atoms with Crippen molar-refractivity contribution >= 4 is 33.3 Å². The molecule has 2 aromatic carbocycles. The Morgan fingerprint density at radius 1 is 1.10 bits per heavy atom. The van der Waals surface area contributed by atoms with Gasteiger partial charge in [0.05, 0.1) is 17.0 Å². The molecule has 7 heteroatoms. The zero-order valence-corrected chi connectivity index (χ0v) is 12.4. The molecule has 2 N–H and O–H groups in total. The van der Waals surface area contributed by atoms with E-state index in [0.29, 0.717) is 10.6 Å². The molecule has 0 saturated heterocycles. The smallest absolute Gasteiger partial charge is 0.307 e. The summed E-state index contributed by atoms with van der Waals surface area (Å²) in [4.78, 5) is 10.9. The van der Waals surface area contributed by atoms with Gasteiger partial charge in [-0.05, 0) is 35.9 Å². The number of carboxylic acids is 1. The number of carboxylic acid groups (broad SMARTS) is 1. The minimum atomic E-state index is -3.79. The molecule has 0 aromatic heterocycles. The first-order valence-corrected chi connectivity index (χ1v) is 7.83. The van der Waals surface area contributed by atoms with Crippen LogP contribution in [0.5, 0.6) is 0 Å². The second kappa shape index (κ2) is 6.15. The number of aliphatic carboxylic acids is 1. The second-order valence-corrected chi connectivity index (χ2v) is 6.41. The zero-order valence-electron chi connectivity index (χ0n) is 10.8. The van der Waals surface area contributed by atoms with Gasteiger partial charge in [0, 0.05) is 5.02 Å². The molecule has 0 atom stereocenters. The number of sulfonamides is 1. The molecule has 0 spiro atoms. The van der Waals surface area contributed by atoms with Crippen molar-refractivity contribution in [2.24, 2.45) is 0 Å². The highest BCUT2D eigenvalue weighted by Gasteiger charge is 2.16. The lowest BCUT2D eigenvalue weighted by Crippen LogP contribution is -2.15. The summed E-state index contributed by atoms with van der Waals surface area (Å²) in [5, 5.41) is 9.28. The van der Waals surface area contributed by atoms with Crippen molar-refractivity contribution in [3.8, 4) is 0 Å². The zero-order chi connectivity index (χ0) is 15.5. The van der Waals surface area contributed by atoms with E-state index >= 15 is 0 Å². The van der Waals surface area contributed by atoms with E-state index in [9.17, 15) is 13.2 Å². The van der Waals surface area contributed by atoms with E-state index < -0.39 is 16.0 Å². The molecule has 2 aromatic rings. The first kappa shape index (κ1) is 15.3. The topological polar surface area (TPSA) is 83.5 Å². The van der Waals surface area contributed by atoms with E-state index in [0.717, 1.165) is 0 Å². The Kier molecular flexibility index (Phi) is 4.50. The lowest BCUT2D eigenvalue weighted by atomic mass is 10.1. The molecule has 0 unspecified atom stereocenters. The molecule has 0 heterocycles. The fraction of sp³-hybridized carbons (Fsp3) is 0.0714. The number of hydrogen-bond acceptors (Lipinski definition) is 3. The molecule has 0 aliphatic heterocycles. The summed E-state index contributed by atoms with van der Waals surface area (Å²) in [5.74, 6) is -1.03. The van der Waals surface area contributed by atoms with E-state index in [1.807, 2.05) is 0 Å². The summed E-state index contributed by atoms with van der Waals surface area (Å²) < 4.78 is 26.9. The number of para-hydroxylation sites is 1. The molecule has 0 radical (unpaired) electrons. The minimum absolute atomic E-state index is 0.0528. The van der Waals surface area contributed by atoms with Gasteiger partial charge < -0.3 is 5.11 Å². The maximum atomic E-state index is 12.2. The van der Waals surface area contributed by atoms with Crippen LogP contribution in [-0.4, -0.2) is 19.5 Å². The van der Waals surface area contributed by atoms with Gasteiger partial charge in [-0.1, -0.05) is 29.8 Å². The van der Waals surface area contributed by atoms with E-state index in [2.05, 4.69) is 4.72 Å². The van der Waals surface area contributed by atoms with Gasteiger partial charge >= 0.3 is 5.97 Å². The largest absolute Gasteiger partial charge is 0.481 e. The van der Waals surface area contributed by atoms with Gasteiger partial charge in [-0.25, -0.2) is 8.42 Å². The Hall–Kier alpha value is -2.05. The molecule has 110 valence electrons. The van der Waals surface area contributed by atoms with Gasteiger partial charge in [-0.15, -0.1) is 0 Å². The van der Waals surface area contributed by atoms with E-state index in [1.54, 1.807) is 18.2 Å². The summed E-state index contributed by atoms with van der Waals surface area (Å²) in [6.45, 7) is 0. The summed E-state index contributed by atoms with van der Waals surface area (Å²) in [6.07, 6.45) is -0.265. The number of hydrogen-bond donors (Lipinski definition) is 2. The number of rotatable bonds is 5. The van der Waals surface area contributed by atoms with Crippen LogP contribution >= 0.6 is 11.6 Å². The molecule has 0 bridgehead atoms. The quantitative estimate of drug-likeness (QED) is 0.885. The van der Waals surface area contributed by atoms with Crippen LogP contribution in [0.15, 0.2) is 53.4 Å². The lowest BCUT2D eigenvalue weighted by Gasteiger charge is -2.11. The van der Waals surface area contributed by atoms with Crippen molar-refractivity contribution in [1.82, 2.24) is 0 Å². The Labute approximate surface area is 127 Å². The minimum Gasteiger partial charge on any atom is -0.481 e. The van der Waals surface area contributed by atoms with Crippen molar-refractivity contribution in [2.45, 2.75) is 11.3 Å². The third-order valence-corrected chi connectivity index (χ3v) is 4.36. The van der Waals surface area contributed by atoms with Crippen LogP contribution in [0.3, 0.4) is 0 Å². The average molecular weight is 326 g/mol. The lowest BCUT2D eigenvalue weighted by molar-refractivity contribution is -0.136. The maximum absolute atomic E-state index is 12.2. The summed E-state index contributed by atoms with van der Waals surface area (Å²) in [7, 11) is -3.79. The molecule has 0 fully saturated rings. The molecule has 0 aliphatic carbocycles. The molecular formula is C14H12ClNO4S. The first-order chi connectivity index (χ1) is 9.88. The highest BCUT2D eigenvalue weighted by Crippen LogP contribution is 2.21. The summed E-state index contributed by atoms with van der Waals surface area (Å²) in [5.41, 5.74) is 0.636. The Balaban J connectivity index is 2.33. The van der Waals surface area contributed by atoms with E-state index in [-0.39, 0.29) is 17.0 Å². The molecule has 0 aliphatic rings. The Morgan fingerprint density at radius 3 is 2.33 bits per heavy atom. The van der Waals surface area contributed by atoms with Gasteiger partial charge in [0.15, 0.2) is 0 Å². The molecule has 5 nitrogen and oxygen atoms in total. The van der Waals surface area contributed by atoms with Crippen molar-refractivity contribution in [3.63, 3.8) is 0 Å². The van der Waals surface area contributed by atoms with Gasteiger partial charge in [-0.2, -0.15) is 0 Å². The van der Waals surface area contributed by atoms with Crippen molar-refractivity contribution in [2.75, 3.05) is 4.72 Å². The summed E-state index contributed by atoms with van der Waals surface area (Å²) in [6, 6.07) is 12.1. The van der Waals surface area contributed by atoms with Crippen LogP contribution in [0.2, 0.25) is 5.02 Å². The fourth-order valence-corrected chi connectivity index (χ4v) is 2.98. The number of anilines is 1. The predicted octanol–water partition coefficient (Wildman–Crippen LogP) is 2.77. The molecule has 21 heavy (non-hydrogen) atoms. The van der Waals surface area contributed by atoms with Crippen LogP contribution in [-0.2, 0) is 21.2 Å². The van der Waals surface area contributed by atoms with Crippen LogP contribution in [0, 0.1) is 0 Å². The van der Waals surface area contributed by atoms with Gasteiger partial charge in [0.2, 0.25) is 0 Å². The molecule has 0 amide bonds. The monoisotopic (exact) mass is 325 g/mol. The number of halogens is 1. The number of nitrogens with one attached hydrogen (secondary N) is 1. The Morgan fingerprint density at radius 2 is 1.71 bits per heavy atom. The third kappa shape index (κ3) is 3.96. The predicted molar refractivity (Wildman–Crippen MR) is 80.0 cm³/mol. The molecular weight excluding hydrogens is 314 g/mol. The Bertz CT molecular complexity index is 757. The first-order valence-electron chi connectivity index (χ1n) is 5.96. The van der Waals surface area contributed by atoms with Crippen molar-refractivity contribution in [1.29, 1.82) is 0 Å². The average Bonchev–Trinajstić information content (AvgIpc) is 2.40. The second-order valence-electron chi connectivity index (χ2n) is 4.29. The number of carbonyl (C=O) groups is 1. The van der Waals surface area contributed by atoms with Crippen LogP contribution < -0.4 is 4.72 Å². The maximum Gasteiger partial charge on any atom is 0.307 e. The summed E-state index contributed by atoms with van der Waals surface area (Å²) >= 11 is 5.72. The van der Waals surface area contributed by atoms with Gasteiger partial charge in [0.25, 0.3) is 10.0 Å². The van der Waals surface area contributed by atoms with Crippen molar-refractivity contribution < 1.29 is 18.3 Å². The van der Waals surface area contributed by atoms with Gasteiger partial charge in [-0.3, -0.25) is 9.52 Å². The van der Waals surface area contributed by atoms with Crippen molar-refractivity contribution in [3.05, 3.63) is 59.1 Å². The van der Waals surface area contributed by atoms with E-state index in [1.165, 1.54) is 30.3 Å². The standard InChI is InChI=1S/C14H12ClNO4S/c15-11-5-7-12(8-6-11)21(19,20)16-13-4-2-1-3-10(13)9-14(17)18/h1-8,16H,9H2,(H,17,18). The number of benzene rings is 2. The molecule has 0 saturated carbocycles. The van der Waals surface area contributed by atoms with Crippen LogP contribution in [0.1, 0.15) is 5.56 Å².